The Balaban J connectivity index is 3.17. The van der Waals surface area contributed by atoms with Gasteiger partial charge in [-0.2, -0.15) is 0 Å². The summed E-state index contributed by atoms with van der Waals surface area (Å²) >= 11 is 0. The molecule has 0 heterocycles. The van der Waals surface area contributed by atoms with Gasteiger partial charge >= 0.3 is 0 Å². The third kappa shape index (κ3) is 1.19. The van der Waals surface area contributed by atoms with E-state index in [1.807, 2.05) is 18.2 Å². The summed E-state index contributed by atoms with van der Waals surface area (Å²) in [6.45, 7) is 0. The Morgan fingerprint density at radius 2 is 1.50 bits per heavy atom. The van der Waals surface area contributed by atoms with Crippen molar-refractivity contribution in [2.45, 2.75) is 0 Å². The van der Waals surface area contributed by atoms with E-state index in [-0.39, 0.29) is 0 Å². The predicted octanol–water partition coefficient (Wildman–Crippen LogP) is 1.65. The predicted molar refractivity (Wildman–Crippen MR) is 42.3 cm³/mol. The lowest BCUT2D eigenvalue weighted by Crippen LogP contribution is -1.75. The van der Waals surface area contributed by atoms with E-state index < -0.39 is 0 Å². The van der Waals surface area contributed by atoms with E-state index in [0.717, 1.165) is 11.1 Å². The average molecular weight is 126 g/mol. The van der Waals surface area contributed by atoms with Gasteiger partial charge in [-0.1, -0.05) is 17.9 Å². The van der Waals surface area contributed by atoms with Crippen LogP contribution in [0.3, 0.4) is 0 Å². The van der Waals surface area contributed by atoms with Crippen LogP contribution >= 0.6 is 0 Å². The summed E-state index contributed by atoms with van der Waals surface area (Å²) in [5.41, 5.74) is 1.66. The maximum Gasteiger partial charge on any atom is 0.0254 e. The quantitative estimate of drug-likeness (QED) is 0.464. The topological polar surface area (TPSA) is 0 Å². The van der Waals surface area contributed by atoms with Crippen LogP contribution in [-0.4, -0.2) is 0 Å². The summed E-state index contributed by atoms with van der Waals surface area (Å²) < 4.78 is 0. The zero-order valence-electron chi connectivity index (χ0n) is 5.46. The smallest absolute Gasteiger partial charge is 0.0254 e. The first-order valence-corrected chi connectivity index (χ1v) is 2.90. The molecule has 0 aliphatic carbocycles. The van der Waals surface area contributed by atoms with Crippen LogP contribution in [0, 0.1) is 24.7 Å². The Hall–Kier alpha value is -1.66. The Kier molecular flexibility index (Phi) is 1.78. The van der Waals surface area contributed by atoms with Crippen LogP contribution in [0.5, 0.6) is 0 Å². The number of hydrogen-bond acceptors (Lipinski definition) is 0. The second kappa shape index (κ2) is 2.76. The second-order valence-corrected chi connectivity index (χ2v) is 1.87. The van der Waals surface area contributed by atoms with Crippen molar-refractivity contribution in [2.24, 2.45) is 0 Å². The summed E-state index contributed by atoms with van der Waals surface area (Å²) in [4.78, 5) is 0. The Morgan fingerprint density at radius 1 is 1.00 bits per heavy atom. The summed E-state index contributed by atoms with van der Waals surface area (Å²) in [7, 11) is 0. The highest BCUT2D eigenvalue weighted by Gasteiger charge is 1.86. The van der Waals surface area contributed by atoms with Crippen molar-refractivity contribution in [3.63, 3.8) is 0 Å². The van der Waals surface area contributed by atoms with E-state index >= 15 is 0 Å². The molecule has 0 bridgehead atoms. The Labute approximate surface area is 60.9 Å². The molecule has 0 nitrogen and oxygen atoms in total. The zero-order valence-corrected chi connectivity index (χ0v) is 5.46. The lowest BCUT2D eigenvalue weighted by Gasteiger charge is -1.89. The number of hydrogen-bond donors (Lipinski definition) is 0. The van der Waals surface area contributed by atoms with Gasteiger partial charge in [0, 0.05) is 11.1 Å². The van der Waals surface area contributed by atoms with Crippen LogP contribution in [-0.2, 0) is 0 Å². The Morgan fingerprint density at radius 3 is 1.90 bits per heavy atom. The highest BCUT2D eigenvalue weighted by Crippen LogP contribution is 2.01. The van der Waals surface area contributed by atoms with E-state index in [9.17, 15) is 0 Å². The first-order valence-electron chi connectivity index (χ1n) is 2.90. The summed E-state index contributed by atoms with van der Waals surface area (Å²) in [5.74, 6) is 5.01. The highest BCUT2D eigenvalue weighted by molar-refractivity contribution is 5.41. The lowest BCUT2D eigenvalue weighted by molar-refractivity contribution is 1.60. The van der Waals surface area contributed by atoms with Crippen molar-refractivity contribution in [3.8, 4) is 24.7 Å². The van der Waals surface area contributed by atoms with Crippen molar-refractivity contribution >= 4 is 0 Å². The van der Waals surface area contributed by atoms with E-state index in [1.54, 1.807) is 6.07 Å². The third-order valence-electron chi connectivity index (χ3n) is 1.20. The number of benzene rings is 1. The molecule has 0 fully saturated rings. The minimum atomic E-state index is 0.829. The van der Waals surface area contributed by atoms with Crippen LogP contribution in [0.25, 0.3) is 0 Å². The first kappa shape index (κ1) is 6.46. The molecule has 0 aliphatic heterocycles. The van der Waals surface area contributed by atoms with E-state index in [0.29, 0.717) is 0 Å². The molecule has 0 atom stereocenters. The molecule has 10 heavy (non-hydrogen) atoms. The average Bonchev–Trinajstić information content (AvgIpc) is 2.05. The van der Waals surface area contributed by atoms with Crippen molar-refractivity contribution in [1.29, 1.82) is 0 Å². The van der Waals surface area contributed by atoms with E-state index in [2.05, 4.69) is 11.8 Å². The molecule has 46 valence electrons. The van der Waals surface area contributed by atoms with Crippen LogP contribution in [0.2, 0.25) is 0 Å². The fraction of sp³-hybridized carbons (Fsp3) is 0. The second-order valence-electron chi connectivity index (χ2n) is 1.87. The van der Waals surface area contributed by atoms with E-state index in [1.165, 1.54) is 0 Å². The molecule has 0 aromatic heterocycles. The van der Waals surface area contributed by atoms with Gasteiger partial charge in [0.15, 0.2) is 0 Å². The molecule has 1 aromatic carbocycles. The van der Waals surface area contributed by atoms with Gasteiger partial charge in [0.05, 0.1) is 0 Å². The normalized spacial score (nSPS) is 7.80. The first-order chi connectivity index (χ1) is 4.86. The minimum absolute atomic E-state index is 0.829. The summed E-state index contributed by atoms with van der Waals surface area (Å²) in [5, 5.41) is 0. The number of rotatable bonds is 0. The molecule has 0 aliphatic rings. The van der Waals surface area contributed by atoms with Crippen molar-refractivity contribution < 1.29 is 0 Å². The monoisotopic (exact) mass is 126 g/mol. The molecule has 0 saturated carbocycles. The molecule has 0 heteroatoms. The van der Waals surface area contributed by atoms with Crippen LogP contribution in [0.1, 0.15) is 11.1 Å². The van der Waals surface area contributed by atoms with Crippen molar-refractivity contribution in [3.05, 3.63) is 35.4 Å². The fourth-order valence-electron chi connectivity index (χ4n) is 0.699. The molecule has 0 spiro atoms. The standard InChI is InChI=1S/C10H6/c1-3-9-6-5-7-10(4-2)8-9/h1-2,5-8H. The molecule has 0 amide bonds. The summed E-state index contributed by atoms with van der Waals surface area (Å²) in [6, 6.07) is 7.35. The SMILES string of the molecule is C#Cc1cccc(C#C)c1. The molecule has 0 radical (unpaired) electrons. The zero-order chi connectivity index (χ0) is 7.40. The molecule has 0 unspecified atom stereocenters. The molecule has 1 rings (SSSR count). The maximum atomic E-state index is 5.15. The van der Waals surface area contributed by atoms with Crippen molar-refractivity contribution in [1.82, 2.24) is 0 Å². The van der Waals surface area contributed by atoms with Gasteiger partial charge in [0.2, 0.25) is 0 Å². The van der Waals surface area contributed by atoms with Gasteiger partial charge in [-0.3, -0.25) is 0 Å². The fourth-order valence-corrected chi connectivity index (χ4v) is 0.699. The molecular formula is C10H6. The molecular weight excluding hydrogens is 120 g/mol. The van der Waals surface area contributed by atoms with Gasteiger partial charge in [0.25, 0.3) is 0 Å². The number of terminal acetylenes is 2. The van der Waals surface area contributed by atoms with Crippen LogP contribution in [0.15, 0.2) is 24.3 Å². The Bertz CT molecular complexity index is 278. The van der Waals surface area contributed by atoms with Crippen LogP contribution < -0.4 is 0 Å². The lowest BCUT2D eigenvalue weighted by atomic mass is 10.1. The van der Waals surface area contributed by atoms with Crippen molar-refractivity contribution in [2.75, 3.05) is 0 Å². The van der Waals surface area contributed by atoms with Gasteiger partial charge in [-0.25, -0.2) is 0 Å². The maximum absolute atomic E-state index is 5.15. The summed E-state index contributed by atoms with van der Waals surface area (Å²) in [6.07, 6.45) is 10.3. The van der Waals surface area contributed by atoms with Gasteiger partial charge < -0.3 is 0 Å². The molecule has 1 aromatic rings. The third-order valence-corrected chi connectivity index (χ3v) is 1.20. The highest BCUT2D eigenvalue weighted by atomic mass is 13.9. The van der Waals surface area contributed by atoms with Gasteiger partial charge in [-0.15, -0.1) is 12.8 Å². The minimum Gasteiger partial charge on any atom is -0.115 e. The van der Waals surface area contributed by atoms with Gasteiger partial charge in [-0.05, 0) is 18.2 Å². The molecule has 0 saturated heterocycles. The molecule has 0 N–H and O–H groups in total. The van der Waals surface area contributed by atoms with Crippen LogP contribution in [0.4, 0.5) is 0 Å². The van der Waals surface area contributed by atoms with Gasteiger partial charge in [0.1, 0.15) is 0 Å². The largest absolute Gasteiger partial charge is 0.115 e. The van der Waals surface area contributed by atoms with E-state index in [4.69, 9.17) is 12.8 Å².